The van der Waals surface area contributed by atoms with E-state index in [0.717, 1.165) is 19.6 Å². The van der Waals surface area contributed by atoms with Gasteiger partial charge in [0, 0.05) is 30.9 Å². The molecule has 2 aromatic heterocycles. The highest BCUT2D eigenvalue weighted by atomic mass is 32.1. The number of piperidine rings is 1. The Morgan fingerprint density at radius 1 is 1.43 bits per heavy atom. The van der Waals surface area contributed by atoms with Crippen molar-refractivity contribution in [3.8, 4) is 0 Å². The summed E-state index contributed by atoms with van der Waals surface area (Å²) in [6.45, 7) is 8.69. The predicted octanol–water partition coefficient (Wildman–Crippen LogP) is 2.77. The van der Waals surface area contributed by atoms with Crippen LogP contribution in [0.4, 0.5) is 0 Å². The Bertz CT molecular complexity index is 548. The maximum absolute atomic E-state index is 4.75. The van der Waals surface area contributed by atoms with Crippen LogP contribution in [0.5, 0.6) is 0 Å². The van der Waals surface area contributed by atoms with Gasteiger partial charge in [-0.1, -0.05) is 13.8 Å². The zero-order valence-corrected chi connectivity index (χ0v) is 13.6. The summed E-state index contributed by atoms with van der Waals surface area (Å²) in [5.74, 6) is 1.20. The molecule has 0 bridgehead atoms. The van der Waals surface area contributed by atoms with Crippen LogP contribution in [-0.2, 0) is 13.1 Å². The number of rotatable bonds is 5. The van der Waals surface area contributed by atoms with Crippen LogP contribution in [0.15, 0.2) is 18.0 Å². The van der Waals surface area contributed by atoms with Crippen molar-refractivity contribution in [2.75, 3.05) is 13.1 Å². The molecule has 3 rings (SSSR count). The normalized spacial score (nSPS) is 20.2. The Hall–Kier alpha value is -1.27. The highest BCUT2D eigenvalue weighted by molar-refractivity contribution is 7.09. The van der Waals surface area contributed by atoms with Crippen LogP contribution in [0.2, 0.25) is 0 Å². The van der Waals surface area contributed by atoms with Gasteiger partial charge >= 0.3 is 0 Å². The Labute approximate surface area is 130 Å². The van der Waals surface area contributed by atoms with Crippen LogP contribution < -0.4 is 0 Å². The van der Waals surface area contributed by atoms with Crippen LogP contribution in [0, 0.1) is 5.92 Å². The molecule has 0 amide bonds. The molecule has 1 atom stereocenters. The summed E-state index contributed by atoms with van der Waals surface area (Å²) < 4.78 is 1.95. The second-order valence-corrected chi connectivity index (χ2v) is 7.08. The molecule has 0 aliphatic carbocycles. The van der Waals surface area contributed by atoms with Gasteiger partial charge in [0.2, 0.25) is 0 Å². The van der Waals surface area contributed by atoms with Gasteiger partial charge in [-0.25, -0.2) is 9.97 Å². The van der Waals surface area contributed by atoms with Crippen LogP contribution in [-0.4, -0.2) is 37.7 Å². The van der Waals surface area contributed by atoms with E-state index < -0.39 is 0 Å². The standard InChI is InChI=1S/C15H23N5S/c1-12(2)15-18-14(9-21-15)8-19-5-3-4-13(6-19)7-20-11-16-10-17-20/h9-13H,3-8H2,1-2H3. The van der Waals surface area contributed by atoms with E-state index in [0.29, 0.717) is 11.8 Å². The minimum atomic E-state index is 0.533. The summed E-state index contributed by atoms with van der Waals surface area (Å²) in [5, 5.41) is 7.69. The molecule has 1 aliphatic rings. The summed E-state index contributed by atoms with van der Waals surface area (Å²) in [5.41, 5.74) is 1.23. The summed E-state index contributed by atoms with van der Waals surface area (Å²) in [6, 6.07) is 0. The molecule has 2 aromatic rings. The van der Waals surface area contributed by atoms with E-state index in [1.165, 1.54) is 30.1 Å². The number of hydrogen-bond acceptors (Lipinski definition) is 5. The Morgan fingerprint density at radius 2 is 2.33 bits per heavy atom. The van der Waals surface area contributed by atoms with Crippen LogP contribution in [0.1, 0.15) is 43.3 Å². The molecule has 1 saturated heterocycles. The van der Waals surface area contributed by atoms with Crippen molar-refractivity contribution in [2.24, 2.45) is 5.92 Å². The van der Waals surface area contributed by atoms with Gasteiger partial charge in [0.15, 0.2) is 0 Å². The largest absolute Gasteiger partial charge is 0.297 e. The molecule has 6 heteroatoms. The topological polar surface area (TPSA) is 46.8 Å². The lowest BCUT2D eigenvalue weighted by molar-refractivity contribution is 0.152. The van der Waals surface area contributed by atoms with Crippen LogP contribution >= 0.6 is 11.3 Å². The molecule has 5 nitrogen and oxygen atoms in total. The zero-order chi connectivity index (χ0) is 14.7. The maximum Gasteiger partial charge on any atom is 0.137 e. The average molecular weight is 305 g/mol. The summed E-state index contributed by atoms with van der Waals surface area (Å²) >= 11 is 1.79. The summed E-state index contributed by atoms with van der Waals surface area (Å²) in [7, 11) is 0. The molecule has 0 N–H and O–H groups in total. The first-order chi connectivity index (χ1) is 10.2. The Morgan fingerprint density at radius 3 is 3.05 bits per heavy atom. The Kier molecular flexibility index (Phi) is 4.65. The van der Waals surface area contributed by atoms with Crippen molar-refractivity contribution in [3.05, 3.63) is 28.7 Å². The summed E-state index contributed by atoms with van der Waals surface area (Å²) in [6.07, 6.45) is 5.98. The second-order valence-electron chi connectivity index (χ2n) is 6.19. The van der Waals surface area contributed by atoms with E-state index in [1.807, 2.05) is 11.0 Å². The quantitative estimate of drug-likeness (QED) is 0.852. The van der Waals surface area contributed by atoms with Crippen molar-refractivity contribution in [3.63, 3.8) is 0 Å². The lowest BCUT2D eigenvalue weighted by Crippen LogP contribution is -2.36. The molecule has 21 heavy (non-hydrogen) atoms. The summed E-state index contributed by atoms with van der Waals surface area (Å²) in [4.78, 5) is 11.3. The SMILES string of the molecule is CC(C)c1nc(CN2CCCC(Cn3cncn3)C2)cs1. The van der Waals surface area contributed by atoms with Gasteiger partial charge in [-0.3, -0.25) is 9.58 Å². The van der Waals surface area contributed by atoms with Gasteiger partial charge in [0.25, 0.3) is 0 Å². The number of likely N-dealkylation sites (tertiary alicyclic amines) is 1. The van der Waals surface area contributed by atoms with E-state index in [-0.39, 0.29) is 0 Å². The van der Waals surface area contributed by atoms with Gasteiger partial charge in [0.05, 0.1) is 10.7 Å². The maximum atomic E-state index is 4.75. The van der Waals surface area contributed by atoms with Gasteiger partial charge in [-0.15, -0.1) is 11.3 Å². The smallest absolute Gasteiger partial charge is 0.137 e. The molecule has 1 unspecified atom stereocenters. The van der Waals surface area contributed by atoms with Crippen molar-refractivity contribution in [1.29, 1.82) is 0 Å². The van der Waals surface area contributed by atoms with Crippen molar-refractivity contribution < 1.29 is 0 Å². The number of hydrogen-bond donors (Lipinski definition) is 0. The third-order valence-corrected chi connectivity index (χ3v) is 5.16. The minimum Gasteiger partial charge on any atom is -0.297 e. The number of thiazole rings is 1. The van der Waals surface area contributed by atoms with Gasteiger partial charge in [0.1, 0.15) is 12.7 Å². The van der Waals surface area contributed by atoms with E-state index in [4.69, 9.17) is 4.98 Å². The molecule has 1 aliphatic heterocycles. The van der Waals surface area contributed by atoms with E-state index >= 15 is 0 Å². The minimum absolute atomic E-state index is 0.533. The molecule has 0 saturated carbocycles. The third kappa shape index (κ3) is 3.89. The van der Waals surface area contributed by atoms with E-state index in [1.54, 1.807) is 17.7 Å². The Balaban J connectivity index is 1.55. The highest BCUT2D eigenvalue weighted by Gasteiger charge is 2.21. The fraction of sp³-hybridized carbons (Fsp3) is 0.667. The fourth-order valence-electron chi connectivity index (χ4n) is 2.93. The van der Waals surface area contributed by atoms with Gasteiger partial charge < -0.3 is 0 Å². The lowest BCUT2D eigenvalue weighted by atomic mass is 9.98. The highest BCUT2D eigenvalue weighted by Crippen LogP contribution is 2.23. The first-order valence-electron chi connectivity index (χ1n) is 7.70. The van der Waals surface area contributed by atoms with E-state index in [2.05, 4.69) is 34.2 Å². The molecule has 3 heterocycles. The fourth-order valence-corrected chi connectivity index (χ4v) is 3.75. The zero-order valence-electron chi connectivity index (χ0n) is 12.8. The molecular weight excluding hydrogens is 282 g/mol. The molecule has 1 fully saturated rings. The first kappa shape index (κ1) is 14.7. The first-order valence-corrected chi connectivity index (χ1v) is 8.57. The van der Waals surface area contributed by atoms with Gasteiger partial charge in [-0.05, 0) is 25.3 Å². The van der Waals surface area contributed by atoms with Crippen LogP contribution in [0.25, 0.3) is 0 Å². The third-order valence-electron chi connectivity index (χ3n) is 3.96. The van der Waals surface area contributed by atoms with Crippen LogP contribution in [0.3, 0.4) is 0 Å². The lowest BCUT2D eigenvalue weighted by Gasteiger charge is -2.32. The van der Waals surface area contributed by atoms with E-state index in [9.17, 15) is 0 Å². The van der Waals surface area contributed by atoms with Gasteiger partial charge in [-0.2, -0.15) is 5.10 Å². The molecule has 114 valence electrons. The van der Waals surface area contributed by atoms with Crippen molar-refractivity contribution >= 4 is 11.3 Å². The molecule has 0 aromatic carbocycles. The number of aromatic nitrogens is 4. The van der Waals surface area contributed by atoms with Crippen molar-refractivity contribution in [2.45, 2.75) is 45.7 Å². The molecule has 0 radical (unpaired) electrons. The van der Waals surface area contributed by atoms with Crippen molar-refractivity contribution in [1.82, 2.24) is 24.6 Å². The monoisotopic (exact) mass is 305 g/mol. The molecule has 0 spiro atoms. The number of nitrogens with zero attached hydrogens (tertiary/aromatic N) is 5. The second kappa shape index (κ2) is 6.66. The predicted molar refractivity (Wildman–Crippen MR) is 84.2 cm³/mol. The molecular formula is C15H23N5S. The average Bonchev–Trinajstić information content (AvgIpc) is 3.11.